The van der Waals surface area contributed by atoms with Crippen molar-refractivity contribution in [3.05, 3.63) is 140 Å². The molecule has 230 valence electrons. The summed E-state index contributed by atoms with van der Waals surface area (Å²) < 4.78 is 20.1. The topological polar surface area (TPSA) is 53.7 Å². The number of hydrogen-bond acceptors (Lipinski definition) is 4. The van der Waals surface area contributed by atoms with E-state index >= 15 is 0 Å². The largest absolute Gasteiger partial charge is 0.494 e. The van der Waals surface area contributed by atoms with Crippen LogP contribution >= 0.6 is 31.9 Å². The van der Waals surface area contributed by atoms with Gasteiger partial charge in [-0.2, -0.15) is 0 Å². The second-order valence-corrected chi connectivity index (χ2v) is 13.2. The second-order valence-electron chi connectivity index (χ2n) is 11.4. The molecule has 45 heavy (non-hydrogen) atoms. The number of rotatable bonds is 13. The van der Waals surface area contributed by atoms with Crippen LogP contribution in [0.1, 0.15) is 54.9 Å². The van der Waals surface area contributed by atoms with Gasteiger partial charge in [0.1, 0.15) is 30.5 Å². The van der Waals surface area contributed by atoms with Crippen LogP contribution in [0.2, 0.25) is 0 Å². The molecule has 0 aromatic heterocycles. The zero-order valence-electron chi connectivity index (χ0n) is 25.4. The van der Waals surface area contributed by atoms with E-state index in [4.69, 9.17) is 19.9 Å². The summed E-state index contributed by atoms with van der Waals surface area (Å²) in [5.74, 6) is 2.47. The van der Waals surface area contributed by atoms with E-state index in [1.807, 2.05) is 24.3 Å². The molecule has 0 bridgehead atoms. The molecule has 0 unspecified atom stereocenters. The number of halogens is 2. The zero-order valence-corrected chi connectivity index (χ0v) is 28.6. The van der Waals surface area contributed by atoms with E-state index in [9.17, 15) is 0 Å². The summed E-state index contributed by atoms with van der Waals surface area (Å²) in [7, 11) is 0. The average molecular weight is 728 g/mol. The fourth-order valence-corrected chi connectivity index (χ4v) is 6.98. The zero-order chi connectivity index (χ0) is 31.2. The Balaban J connectivity index is 1.32. The molecule has 0 fully saturated rings. The van der Waals surface area contributed by atoms with Gasteiger partial charge in [0.05, 0.1) is 12.0 Å². The molecule has 0 saturated heterocycles. The highest BCUT2D eigenvalue weighted by Crippen LogP contribution is 2.57. The minimum atomic E-state index is -0.533. The number of ether oxygens (including phenoxy) is 3. The Morgan fingerprint density at radius 1 is 0.533 bits per heavy atom. The van der Waals surface area contributed by atoms with Crippen molar-refractivity contribution in [1.29, 1.82) is 0 Å². The third-order valence-corrected chi connectivity index (χ3v) is 9.39. The molecule has 0 amide bonds. The van der Waals surface area contributed by atoms with Crippen LogP contribution < -0.4 is 19.9 Å². The van der Waals surface area contributed by atoms with E-state index in [-0.39, 0.29) is 0 Å². The number of anilines is 1. The Morgan fingerprint density at radius 3 is 1.44 bits per heavy atom. The van der Waals surface area contributed by atoms with Gasteiger partial charge >= 0.3 is 0 Å². The maximum absolute atomic E-state index is 6.13. The van der Waals surface area contributed by atoms with Crippen molar-refractivity contribution in [3.63, 3.8) is 0 Å². The van der Waals surface area contributed by atoms with Crippen molar-refractivity contribution in [2.45, 2.75) is 38.0 Å². The maximum Gasteiger partial charge on any atom is 0.122 e. The van der Waals surface area contributed by atoms with Crippen molar-refractivity contribution in [3.8, 4) is 28.4 Å². The molecule has 2 N–H and O–H groups in total. The third-order valence-electron chi connectivity index (χ3n) is 8.40. The molecule has 5 aromatic rings. The highest BCUT2D eigenvalue weighted by molar-refractivity contribution is 9.10. The van der Waals surface area contributed by atoms with Gasteiger partial charge in [0.15, 0.2) is 0 Å². The first-order valence-corrected chi connectivity index (χ1v) is 17.1. The predicted molar refractivity (Wildman–Crippen MR) is 191 cm³/mol. The van der Waals surface area contributed by atoms with Crippen LogP contribution in [0.15, 0.2) is 118 Å². The lowest BCUT2D eigenvalue weighted by Gasteiger charge is -2.34. The lowest BCUT2D eigenvalue weighted by Crippen LogP contribution is -2.28. The Kier molecular flexibility index (Phi) is 9.82. The maximum atomic E-state index is 6.13. The van der Waals surface area contributed by atoms with Gasteiger partial charge in [-0.15, -0.1) is 0 Å². The summed E-state index contributed by atoms with van der Waals surface area (Å²) in [6.45, 7) is 3.83. The van der Waals surface area contributed by atoms with E-state index in [1.54, 1.807) is 0 Å². The summed E-state index contributed by atoms with van der Waals surface area (Å²) in [4.78, 5) is 0. The van der Waals surface area contributed by atoms with Crippen LogP contribution in [0.3, 0.4) is 0 Å². The SMILES string of the molecule is CCCCCCOc1ccc(C2(c3ccc(OCCOc4ccc(N)cc4)cc3)c3cc(Br)ccc3-c3ccc(Br)cc32)cc1. The van der Waals surface area contributed by atoms with E-state index in [0.29, 0.717) is 18.9 Å². The average Bonchev–Trinajstić information content (AvgIpc) is 3.33. The van der Waals surface area contributed by atoms with Gasteiger partial charge in [0, 0.05) is 14.6 Å². The summed E-state index contributed by atoms with van der Waals surface area (Å²) >= 11 is 7.56. The molecular formula is C39H37Br2NO3. The molecule has 6 rings (SSSR count). The highest BCUT2D eigenvalue weighted by Gasteiger charge is 2.46. The lowest BCUT2D eigenvalue weighted by molar-refractivity contribution is 0.217. The molecule has 6 heteroatoms. The van der Waals surface area contributed by atoms with Crippen molar-refractivity contribution >= 4 is 37.5 Å². The summed E-state index contributed by atoms with van der Waals surface area (Å²) in [5.41, 5.74) is 13.2. The molecule has 1 aliphatic carbocycles. The molecule has 0 atom stereocenters. The van der Waals surface area contributed by atoms with Crippen LogP contribution in [-0.2, 0) is 5.41 Å². The van der Waals surface area contributed by atoms with Gasteiger partial charge in [0.2, 0.25) is 0 Å². The first-order valence-electron chi connectivity index (χ1n) is 15.5. The molecule has 0 radical (unpaired) electrons. The molecular weight excluding hydrogens is 690 g/mol. The number of nitrogens with two attached hydrogens (primary N) is 1. The molecule has 5 aromatic carbocycles. The van der Waals surface area contributed by atoms with Gasteiger partial charge in [-0.1, -0.05) is 94.4 Å². The quantitative estimate of drug-likeness (QED) is 0.0951. The van der Waals surface area contributed by atoms with Crippen LogP contribution in [0.25, 0.3) is 11.1 Å². The summed E-state index contributed by atoms with van der Waals surface area (Å²) in [6.07, 6.45) is 4.74. The Labute approximate surface area is 282 Å². The minimum Gasteiger partial charge on any atom is -0.494 e. The monoisotopic (exact) mass is 725 g/mol. The number of benzene rings is 5. The first-order chi connectivity index (χ1) is 22.0. The summed E-state index contributed by atoms with van der Waals surface area (Å²) in [5, 5.41) is 0. The fourth-order valence-electron chi connectivity index (χ4n) is 6.26. The highest BCUT2D eigenvalue weighted by atomic mass is 79.9. The Morgan fingerprint density at radius 2 is 0.978 bits per heavy atom. The number of fused-ring (bicyclic) bond motifs is 3. The predicted octanol–water partition coefficient (Wildman–Crippen LogP) is 10.6. The summed E-state index contributed by atoms with van der Waals surface area (Å²) in [6, 6.07) is 37.8. The van der Waals surface area contributed by atoms with Crippen LogP contribution in [0, 0.1) is 0 Å². The molecule has 0 heterocycles. The Hall–Kier alpha value is -3.74. The molecule has 0 saturated carbocycles. The first kappa shape index (κ1) is 31.3. The Bertz CT molecular complexity index is 1680. The smallest absolute Gasteiger partial charge is 0.122 e. The van der Waals surface area contributed by atoms with E-state index in [1.165, 1.54) is 47.1 Å². The number of hydrogen-bond donors (Lipinski definition) is 1. The van der Waals surface area contributed by atoms with E-state index in [2.05, 4.69) is 124 Å². The van der Waals surface area contributed by atoms with Crippen LogP contribution in [0.5, 0.6) is 17.2 Å². The molecule has 0 spiro atoms. The van der Waals surface area contributed by atoms with Gasteiger partial charge < -0.3 is 19.9 Å². The molecule has 1 aliphatic rings. The van der Waals surface area contributed by atoms with Crippen molar-refractivity contribution in [2.75, 3.05) is 25.6 Å². The van der Waals surface area contributed by atoms with Gasteiger partial charge in [0.25, 0.3) is 0 Å². The van der Waals surface area contributed by atoms with E-state index < -0.39 is 5.41 Å². The van der Waals surface area contributed by atoms with Crippen LogP contribution in [-0.4, -0.2) is 19.8 Å². The van der Waals surface area contributed by atoms with Gasteiger partial charge in [-0.3, -0.25) is 0 Å². The van der Waals surface area contributed by atoms with E-state index in [0.717, 1.165) is 44.8 Å². The van der Waals surface area contributed by atoms with Crippen molar-refractivity contribution in [1.82, 2.24) is 0 Å². The number of unbranched alkanes of at least 4 members (excludes halogenated alkanes) is 3. The normalized spacial score (nSPS) is 12.8. The standard InChI is InChI=1S/C39H37Br2NO3/c1-2-3-4-5-22-43-32-14-6-27(7-15-32)39(37-25-29(40)10-20-35(37)36-21-11-30(41)26-38(36)39)28-8-16-33(17-9-28)44-23-24-45-34-18-12-31(42)13-19-34/h6-21,25-26H,2-5,22-24,42H2,1H3. The lowest BCUT2D eigenvalue weighted by atomic mass is 9.67. The van der Waals surface area contributed by atoms with Gasteiger partial charge in [-0.05, 0) is 113 Å². The van der Waals surface area contributed by atoms with Crippen molar-refractivity contribution < 1.29 is 14.2 Å². The van der Waals surface area contributed by atoms with Gasteiger partial charge in [-0.25, -0.2) is 0 Å². The second kappa shape index (κ2) is 14.1. The number of nitrogen functional groups attached to an aromatic ring is 1. The minimum absolute atomic E-state index is 0.431. The fraction of sp³-hybridized carbons (Fsp3) is 0.231. The molecule has 4 nitrogen and oxygen atoms in total. The molecule has 0 aliphatic heterocycles. The van der Waals surface area contributed by atoms with Crippen molar-refractivity contribution in [2.24, 2.45) is 0 Å². The van der Waals surface area contributed by atoms with Crippen LogP contribution in [0.4, 0.5) is 5.69 Å². The third kappa shape index (κ3) is 6.63.